The van der Waals surface area contributed by atoms with E-state index in [2.05, 4.69) is 58.0 Å². The molecule has 222 valence electrons. The number of hydrogen-bond acceptors (Lipinski definition) is 6. The molecule has 0 bridgehead atoms. The molecule has 0 N–H and O–H groups in total. The number of rotatable bonds is 10. The SMILES string of the molecule is COC(=O)[C@@H]1C(=O)[C@H](C)CC(C)(C)[C@@]12C=C[C@H](C)[C@@H]([C@@H](C)CC[C@H](OC)c1cccc(OCc3ccccc3)c1)O2. The lowest BCUT2D eigenvalue weighted by atomic mass is 9.55. The maximum Gasteiger partial charge on any atom is 0.319 e. The van der Waals surface area contributed by atoms with E-state index in [4.69, 9.17) is 18.9 Å². The topological polar surface area (TPSA) is 71.1 Å². The van der Waals surface area contributed by atoms with Crippen LogP contribution in [0.1, 0.15) is 71.1 Å². The Bertz CT molecular complexity index is 1220. The van der Waals surface area contributed by atoms with Crippen LogP contribution in [0, 0.1) is 29.1 Å². The smallest absolute Gasteiger partial charge is 0.319 e. The fraction of sp³-hybridized carbons (Fsp3) is 0.543. The summed E-state index contributed by atoms with van der Waals surface area (Å²) in [6.45, 7) is 10.9. The van der Waals surface area contributed by atoms with Crippen molar-refractivity contribution >= 4 is 11.8 Å². The molecule has 1 spiro atoms. The van der Waals surface area contributed by atoms with Gasteiger partial charge in [0, 0.05) is 18.9 Å². The summed E-state index contributed by atoms with van der Waals surface area (Å²) in [6.07, 6.45) is 6.14. The summed E-state index contributed by atoms with van der Waals surface area (Å²) in [5.74, 6) is -0.730. The van der Waals surface area contributed by atoms with Gasteiger partial charge in [-0.25, -0.2) is 0 Å². The average Bonchev–Trinajstić information content (AvgIpc) is 2.97. The monoisotopic (exact) mass is 562 g/mol. The van der Waals surface area contributed by atoms with Gasteiger partial charge in [-0.15, -0.1) is 0 Å². The van der Waals surface area contributed by atoms with Crippen LogP contribution in [0.25, 0.3) is 0 Å². The Hall–Kier alpha value is -2.96. The third kappa shape index (κ3) is 6.44. The minimum atomic E-state index is -1.04. The van der Waals surface area contributed by atoms with Crippen LogP contribution < -0.4 is 4.74 Å². The molecule has 1 saturated carbocycles. The highest BCUT2D eigenvalue weighted by Crippen LogP contribution is 2.54. The van der Waals surface area contributed by atoms with E-state index in [0.29, 0.717) is 13.0 Å². The zero-order chi connectivity index (χ0) is 29.8. The Kier molecular flexibility index (Phi) is 9.76. The van der Waals surface area contributed by atoms with Crippen molar-refractivity contribution in [2.75, 3.05) is 14.2 Å². The van der Waals surface area contributed by atoms with Crippen molar-refractivity contribution in [1.29, 1.82) is 0 Å². The van der Waals surface area contributed by atoms with Crippen LogP contribution in [0.15, 0.2) is 66.7 Å². The first-order valence-electron chi connectivity index (χ1n) is 14.8. The van der Waals surface area contributed by atoms with Crippen LogP contribution >= 0.6 is 0 Å². The Balaban J connectivity index is 1.47. The van der Waals surface area contributed by atoms with Crippen LogP contribution in [0.3, 0.4) is 0 Å². The van der Waals surface area contributed by atoms with E-state index >= 15 is 0 Å². The quantitative estimate of drug-likeness (QED) is 0.174. The zero-order valence-corrected chi connectivity index (χ0v) is 25.6. The molecule has 2 aromatic carbocycles. The van der Waals surface area contributed by atoms with Gasteiger partial charge in [-0.05, 0) is 53.9 Å². The number of ketones is 1. The Morgan fingerprint density at radius 3 is 2.46 bits per heavy atom. The first-order chi connectivity index (χ1) is 19.5. The minimum Gasteiger partial charge on any atom is -0.489 e. The summed E-state index contributed by atoms with van der Waals surface area (Å²) in [4.78, 5) is 26.4. The predicted molar refractivity (Wildman–Crippen MR) is 159 cm³/mol. The normalized spacial score (nSPS) is 28.7. The van der Waals surface area contributed by atoms with Gasteiger partial charge in [-0.3, -0.25) is 9.59 Å². The van der Waals surface area contributed by atoms with E-state index in [1.54, 1.807) is 7.11 Å². The molecule has 6 nitrogen and oxygen atoms in total. The molecule has 0 aromatic heterocycles. The van der Waals surface area contributed by atoms with E-state index in [-0.39, 0.29) is 35.7 Å². The third-order valence-corrected chi connectivity index (χ3v) is 9.21. The van der Waals surface area contributed by atoms with Crippen LogP contribution in [-0.2, 0) is 30.4 Å². The molecule has 6 heteroatoms. The molecule has 7 atom stereocenters. The number of Topliss-reactive ketones (excluding diaryl/α,β-unsaturated/α-hetero) is 1. The molecule has 1 aliphatic heterocycles. The lowest BCUT2D eigenvalue weighted by Gasteiger charge is -2.56. The third-order valence-electron chi connectivity index (χ3n) is 9.21. The number of methoxy groups -OCH3 is 2. The number of benzene rings is 2. The number of ether oxygens (including phenoxy) is 4. The molecule has 2 aromatic rings. The number of hydrogen-bond donors (Lipinski definition) is 0. The number of esters is 1. The average molecular weight is 563 g/mol. The minimum absolute atomic E-state index is 0.0995. The molecule has 2 aliphatic rings. The first-order valence-corrected chi connectivity index (χ1v) is 14.8. The van der Waals surface area contributed by atoms with Crippen molar-refractivity contribution in [2.45, 2.75) is 78.3 Å². The molecule has 0 saturated heterocycles. The van der Waals surface area contributed by atoms with Crippen LogP contribution in [0.4, 0.5) is 0 Å². The lowest BCUT2D eigenvalue weighted by molar-refractivity contribution is -0.215. The van der Waals surface area contributed by atoms with Gasteiger partial charge in [0.05, 0.1) is 19.3 Å². The molecular formula is C35H46O6. The van der Waals surface area contributed by atoms with Gasteiger partial charge in [0.25, 0.3) is 0 Å². The molecule has 41 heavy (non-hydrogen) atoms. The highest BCUT2D eigenvalue weighted by molar-refractivity contribution is 6.02. The fourth-order valence-electron chi connectivity index (χ4n) is 6.83. The van der Waals surface area contributed by atoms with E-state index < -0.39 is 22.9 Å². The van der Waals surface area contributed by atoms with Crippen LogP contribution in [0.5, 0.6) is 5.75 Å². The fourth-order valence-corrected chi connectivity index (χ4v) is 6.83. The molecule has 0 amide bonds. The van der Waals surface area contributed by atoms with Crippen molar-refractivity contribution in [2.24, 2.45) is 29.1 Å². The molecule has 1 fully saturated rings. The number of carbonyl (C=O) groups excluding carboxylic acids is 2. The van der Waals surface area contributed by atoms with Crippen LogP contribution in [0.2, 0.25) is 0 Å². The molecule has 4 rings (SSSR count). The van der Waals surface area contributed by atoms with Gasteiger partial charge >= 0.3 is 5.97 Å². The van der Waals surface area contributed by atoms with E-state index in [9.17, 15) is 9.59 Å². The number of carbonyl (C=O) groups is 2. The standard InChI is InChI=1S/C35H46O6/c1-23(16-17-29(38-6)27-14-11-15-28(20-27)40-22-26-12-9-8-10-13-26)32-24(2)18-19-35(41-32)30(33(37)39-7)31(36)25(3)21-34(35,4)5/h8-15,18-20,23-25,29-30,32H,16-17,21-22H2,1-7H3/t23-,24-,25+,29-,30-,32+,35+/m0/s1. The van der Waals surface area contributed by atoms with Gasteiger partial charge in [0.1, 0.15) is 23.9 Å². The van der Waals surface area contributed by atoms with Crippen LogP contribution in [-0.4, -0.2) is 37.7 Å². The highest BCUT2D eigenvalue weighted by atomic mass is 16.5. The van der Waals surface area contributed by atoms with Gasteiger partial charge in [-0.2, -0.15) is 0 Å². The summed E-state index contributed by atoms with van der Waals surface area (Å²) in [5, 5.41) is 0. The first kappa shape index (κ1) is 31.0. The zero-order valence-electron chi connectivity index (χ0n) is 25.6. The summed E-state index contributed by atoms with van der Waals surface area (Å²) in [7, 11) is 3.08. The summed E-state index contributed by atoms with van der Waals surface area (Å²) in [6, 6.07) is 18.2. The molecular weight excluding hydrogens is 516 g/mol. The Morgan fingerprint density at radius 1 is 1.05 bits per heavy atom. The summed E-state index contributed by atoms with van der Waals surface area (Å²) >= 11 is 0. The van der Waals surface area contributed by atoms with Gasteiger partial charge in [0.2, 0.25) is 0 Å². The molecule has 1 aliphatic carbocycles. The summed E-state index contributed by atoms with van der Waals surface area (Å²) in [5.41, 5.74) is 0.719. The molecule has 0 radical (unpaired) electrons. The summed E-state index contributed by atoms with van der Waals surface area (Å²) < 4.78 is 24.1. The molecule has 0 unspecified atom stereocenters. The van der Waals surface area contributed by atoms with Crippen molar-refractivity contribution < 1.29 is 28.5 Å². The van der Waals surface area contributed by atoms with E-state index in [1.807, 2.05) is 43.3 Å². The van der Waals surface area contributed by atoms with Crippen molar-refractivity contribution in [1.82, 2.24) is 0 Å². The second-order valence-corrected chi connectivity index (χ2v) is 12.6. The molecule has 1 heterocycles. The van der Waals surface area contributed by atoms with Gasteiger partial charge in [-0.1, -0.05) is 89.2 Å². The Labute approximate surface area is 245 Å². The van der Waals surface area contributed by atoms with Gasteiger partial charge < -0.3 is 18.9 Å². The second kappa shape index (κ2) is 12.9. The largest absolute Gasteiger partial charge is 0.489 e. The maximum absolute atomic E-state index is 13.4. The lowest BCUT2D eigenvalue weighted by Crippen LogP contribution is -2.65. The Morgan fingerprint density at radius 2 is 1.78 bits per heavy atom. The van der Waals surface area contributed by atoms with E-state index in [0.717, 1.165) is 29.7 Å². The van der Waals surface area contributed by atoms with Crippen molar-refractivity contribution in [3.63, 3.8) is 0 Å². The van der Waals surface area contributed by atoms with Gasteiger partial charge in [0.15, 0.2) is 5.78 Å². The van der Waals surface area contributed by atoms with Crippen molar-refractivity contribution in [3.8, 4) is 5.75 Å². The maximum atomic E-state index is 13.4. The van der Waals surface area contributed by atoms with Crippen molar-refractivity contribution in [3.05, 3.63) is 77.9 Å². The predicted octanol–water partition coefficient (Wildman–Crippen LogP) is 7.12. The second-order valence-electron chi connectivity index (χ2n) is 12.6. The van der Waals surface area contributed by atoms with E-state index in [1.165, 1.54) is 7.11 Å². The highest BCUT2D eigenvalue weighted by Gasteiger charge is 2.63.